The first-order chi connectivity index (χ1) is 28.9. The number of piperidine rings is 2. The van der Waals surface area contributed by atoms with Gasteiger partial charge in [-0.15, -0.1) is 0 Å². The van der Waals surface area contributed by atoms with E-state index in [9.17, 15) is 28.8 Å². The molecular formula is C46H50N6O8. The predicted molar refractivity (Wildman–Crippen MR) is 222 cm³/mol. The molecule has 0 radical (unpaired) electrons. The van der Waals surface area contributed by atoms with Gasteiger partial charge in [0.1, 0.15) is 23.1 Å². The number of aryl methyl sites for hydroxylation is 2. The molecule has 5 aliphatic rings. The molecule has 4 aromatic rings. The number of hydrogen-bond donors (Lipinski definition) is 1. The van der Waals surface area contributed by atoms with Crippen LogP contribution in [0.2, 0.25) is 0 Å². The number of nitrogens with one attached hydrogen (secondary N) is 1. The lowest BCUT2D eigenvalue weighted by atomic mass is 9.65. The quantitative estimate of drug-likeness (QED) is 0.233. The number of methoxy groups -OCH3 is 2. The van der Waals surface area contributed by atoms with Crippen molar-refractivity contribution in [3.05, 3.63) is 86.6 Å². The number of pyridine rings is 2. The van der Waals surface area contributed by atoms with Crippen LogP contribution in [0.1, 0.15) is 106 Å². The lowest BCUT2D eigenvalue weighted by Crippen LogP contribution is -2.54. The first-order valence-corrected chi connectivity index (χ1v) is 21.1. The number of amides is 5. The van der Waals surface area contributed by atoms with Gasteiger partial charge < -0.3 is 18.9 Å². The highest BCUT2D eigenvalue weighted by Gasteiger charge is 2.46. The first kappa shape index (κ1) is 39.6. The third-order valence-electron chi connectivity index (χ3n) is 13.8. The molecule has 14 heteroatoms. The van der Waals surface area contributed by atoms with Crippen molar-refractivity contribution in [1.82, 2.24) is 29.6 Å². The van der Waals surface area contributed by atoms with Gasteiger partial charge in [-0.2, -0.15) is 0 Å². The van der Waals surface area contributed by atoms with Gasteiger partial charge in [0.05, 0.1) is 30.7 Å². The predicted octanol–water partition coefficient (Wildman–Crippen LogP) is 5.24. The van der Waals surface area contributed by atoms with Crippen LogP contribution in [0.4, 0.5) is 0 Å². The summed E-state index contributed by atoms with van der Waals surface area (Å²) in [7, 11) is 3.12. The maximum absolute atomic E-state index is 14.3. The monoisotopic (exact) mass is 814 g/mol. The molecule has 1 N–H and O–H groups in total. The van der Waals surface area contributed by atoms with Gasteiger partial charge in [0.15, 0.2) is 0 Å². The molecule has 1 saturated carbocycles. The summed E-state index contributed by atoms with van der Waals surface area (Å²) >= 11 is 0. The van der Waals surface area contributed by atoms with E-state index in [0.29, 0.717) is 72.2 Å². The zero-order valence-electron chi connectivity index (χ0n) is 34.6. The summed E-state index contributed by atoms with van der Waals surface area (Å²) in [4.78, 5) is 88.1. The Balaban J connectivity index is 0.826. The maximum Gasteiger partial charge on any atom is 0.262 e. The van der Waals surface area contributed by atoms with E-state index in [0.717, 1.165) is 83.3 Å². The maximum atomic E-state index is 14.3. The molecule has 0 bridgehead atoms. The second kappa shape index (κ2) is 15.3. The molecule has 2 aromatic carbocycles. The molecule has 6 heterocycles. The van der Waals surface area contributed by atoms with Crippen LogP contribution in [-0.2, 0) is 29.2 Å². The van der Waals surface area contributed by atoms with Gasteiger partial charge in [-0.1, -0.05) is 0 Å². The molecule has 2 saturated heterocycles. The third kappa shape index (κ3) is 6.74. The fourth-order valence-corrected chi connectivity index (χ4v) is 10.4. The summed E-state index contributed by atoms with van der Waals surface area (Å²) in [6.07, 6.45) is 10.0. The highest BCUT2D eigenvalue weighted by Crippen LogP contribution is 2.48. The molecule has 1 aliphatic carbocycles. The molecule has 9 rings (SSSR count). The minimum atomic E-state index is -0.969. The van der Waals surface area contributed by atoms with Crippen molar-refractivity contribution in [1.29, 1.82) is 0 Å². The molecule has 5 amide bonds. The lowest BCUT2D eigenvalue weighted by molar-refractivity contribution is -0.136. The van der Waals surface area contributed by atoms with Crippen LogP contribution in [0.25, 0.3) is 21.9 Å². The number of carbonyl (C=O) groups is 5. The van der Waals surface area contributed by atoms with Gasteiger partial charge in [-0.25, -0.2) is 0 Å². The Morgan fingerprint density at radius 3 is 2.05 bits per heavy atom. The number of carbonyl (C=O) groups excluding carboxylic acids is 5. The third-order valence-corrected chi connectivity index (χ3v) is 13.8. The van der Waals surface area contributed by atoms with Crippen LogP contribution in [0, 0.1) is 18.3 Å². The van der Waals surface area contributed by atoms with Gasteiger partial charge in [0.2, 0.25) is 11.8 Å². The number of ether oxygens (including phenoxy) is 2. The Kier molecular flexibility index (Phi) is 10.1. The van der Waals surface area contributed by atoms with Gasteiger partial charge in [-0.3, -0.25) is 48.9 Å². The van der Waals surface area contributed by atoms with Gasteiger partial charge >= 0.3 is 0 Å². The fourth-order valence-electron chi connectivity index (χ4n) is 10.4. The largest absolute Gasteiger partial charge is 0.496 e. The Morgan fingerprint density at radius 1 is 0.833 bits per heavy atom. The highest BCUT2D eigenvalue weighted by molar-refractivity contribution is 6.23. The molecule has 60 heavy (non-hydrogen) atoms. The molecule has 1 spiro atoms. The number of aromatic nitrogens is 2. The van der Waals surface area contributed by atoms with Crippen molar-refractivity contribution >= 4 is 40.3 Å². The van der Waals surface area contributed by atoms with E-state index in [4.69, 9.17) is 9.47 Å². The molecular weight excluding hydrogens is 765 g/mol. The molecule has 1 atom stereocenters. The first-order valence-electron chi connectivity index (χ1n) is 21.1. The lowest BCUT2D eigenvalue weighted by Gasteiger charge is -2.46. The zero-order chi connectivity index (χ0) is 42.0. The zero-order valence-corrected chi connectivity index (χ0v) is 34.6. The number of likely N-dealkylation sites (tertiary alicyclic amines) is 1. The van der Waals surface area contributed by atoms with E-state index in [2.05, 4.69) is 15.2 Å². The highest BCUT2D eigenvalue weighted by atomic mass is 16.5. The van der Waals surface area contributed by atoms with Crippen LogP contribution in [-0.4, -0.2) is 93.7 Å². The minimum absolute atomic E-state index is 0.0926. The molecule has 2 aromatic heterocycles. The topological polar surface area (TPSA) is 160 Å². The van der Waals surface area contributed by atoms with Crippen LogP contribution >= 0.6 is 0 Å². The van der Waals surface area contributed by atoms with Crippen molar-refractivity contribution in [2.75, 3.05) is 33.9 Å². The van der Waals surface area contributed by atoms with Crippen molar-refractivity contribution < 1.29 is 33.4 Å². The van der Waals surface area contributed by atoms with Crippen LogP contribution < -0.4 is 20.3 Å². The van der Waals surface area contributed by atoms with Crippen molar-refractivity contribution in [3.63, 3.8) is 0 Å². The van der Waals surface area contributed by atoms with Crippen molar-refractivity contribution in [2.45, 2.75) is 90.9 Å². The SMILES string of the molecule is CCn1cc(-c2cc(OC)c(C(=O)N3CCC4(CCC(CN5Cc6cc7c(cc6C5)C(=O)N(C5CCC(=O)NC5=O)C7=O)CC4)CC3)c(OC)c2)c2cc(C)ncc2c1=O. The fraction of sp³-hybridized carbons (Fsp3) is 0.457. The van der Waals surface area contributed by atoms with E-state index in [1.165, 1.54) is 0 Å². The minimum Gasteiger partial charge on any atom is -0.496 e. The summed E-state index contributed by atoms with van der Waals surface area (Å²) in [5, 5.41) is 3.56. The summed E-state index contributed by atoms with van der Waals surface area (Å²) in [6.45, 7) is 7.96. The van der Waals surface area contributed by atoms with Gasteiger partial charge in [0, 0.05) is 69.3 Å². The van der Waals surface area contributed by atoms with Gasteiger partial charge in [-0.05, 0) is 123 Å². The second-order valence-electron chi connectivity index (χ2n) is 17.3. The number of hydrogen-bond acceptors (Lipinski definition) is 10. The second-order valence-corrected chi connectivity index (χ2v) is 17.3. The normalized spacial score (nSPS) is 20.5. The molecule has 3 fully saturated rings. The number of imide groups is 2. The van der Waals surface area contributed by atoms with Crippen molar-refractivity contribution in [3.8, 4) is 22.6 Å². The Morgan fingerprint density at radius 2 is 1.47 bits per heavy atom. The van der Waals surface area contributed by atoms with Crippen molar-refractivity contribution in [2.24, 2.45) is 11.3 Å². The number of nitrogens with zero attached hydrogens (tertiary/aromatic N) is 5. The molecule has 4 aliphatic heterocycles. The Bertz CT molecular complexity index is 2480. The summed E-state index contributed by atoms with van der Waals surface area (Å²) in [6, 6.07) is 8.32. The Hall–Kier alpha value is -5.89. The van der Waals surface area contributed by atoms with Crippen LogP contribution in [0.5, 0.6) is 11.5 Å². The van der Waals surface area contributed by atoms with Crippen LogP contribution in [0.3, 0.4) is 0 Å². The average Bonchev–Trinajstić information content (AvgIpc) is 3.75. The standard InChI is InChI=1S/C46H50N6O8/c1-5-50-25-35(31-16-26(2)47-21-34(31)42(50)55)28-19-37(59-3)40(38(20-28)60-4)45(58)51-14-12-46(13-15-51)10-8-27(9-11-46)22-49-23-29-17-32-33(18-30(29)24-49)44(57)52(43(32)56)36-6-7-39(53)48-41(36)54/h16-21,25,27,36H,5-15,22-24H2,1-4H3,(H,48,53,54). The molecule has 14 nitrogen and oxygen atoms in total. The number of rotatable bonds is 8. The van der Waals surface area contributed by atoms with E-state index in [1.54, 1.807) is 25.0 Å². The summed E-state index contributed by atoms with van der Waals surface area (Å²) < 4.78 is 13.4. The smallest absolute Gasteiger partial charge is 0.262 e. The molecule has 312 valence electrons. The van der Waals surface area contributed by atoms with E-state index in [-0.39, 0.29) is 29.7 Å². The Labute approximate surface area is 347 Å². The van der Waals surface area contributed by atoms with E-state index < -0.39 is 29.7 Å². The summed E-state index contributed by atoms with van der Waals surface area (Å²) in [5.41, 5.74) is 5.64. The summed E-state index contributed by atoms with van der Waals surface area (Å²) in [5.74, 6) is -0.677. The van der Waals surface area contributed by atoms with E-state index in [1.807, 2.05) is 55.3 Å². The van der Waals surface area contributed by atoms with Gasteiger partial charge in [0.25, 0.3) is 23.3 Å². The van der Waals surface area contributed by atoms with E-state index >= 15 is 0 Å². The number of fused-ring (bicyclic) bond motifs is 3. The number of benzene rings is 2. The average molecular weight is 815 g/mol. The molecule has 1 unspecified atom stereocenters. The van der Waals surface area contributed by atoms with Crippen LogP contribution in [0.15, 0.2) is 47.5 Å².